The average Bonchev–Trinajstić information content (AvgIpc) is 3.75. The van der Waals surface area contributed by atoms with Gasteiger partial charge in [0, 0.05) is 47.7 Å². The van der Waals surface area contributed by atoms with E-state index in [1.165, 1.54) is 133 Å². The van der Waals surface area contributed by atoms with E-state index in [9.17, 15) is 0 Å². The maximum atomic E-state index is 2.55. The molecule has 0 aromatic heterocycles. The van der Waals surface area contributed by atoms with Gasteiger partial charge in [0.05, 0.1) is 5.41 Å². The van der Waals surface area contributed by atoms with Crippen molar-refractivity contribution in [3.63, 3.8) is 0 Å². The van der Waals surface area contributed by atoms with E-state index in [2.05, 4.69) is 282 Å². The number of nitrogens with zero attached hydrogens (tertiary/aromatic N) is 2. The molecule has 0 amide bonds. The van der Waals surface area contributed by atoms with Gasteiger partial charge in [0.15, 0.2) is 0 Å². The highest BCUT2D eigenvalue weighted by Crippen LogP contribution is 2.61. The lowest BCUT2D eigenvalue weighted by atomic mass is 9.65. The SMILES string of the molecule is CN1c2ccccc2C(C)(C)c2c(-c3cccc4c(-c5cccc6c5C(c5ccccc5)(c5ccccc5)c5ccccc5-6)c5cccc(-c6cccc7c6C(C)(C)c6ccccc6N7C)c5cc34)cccc21. The van der Waals surface area contributed by atoms with E-state index >= 15 is 0 Å². The second-order valence-corrected chi connectivity index (χ2v) is 21.6. The molecule has 0 saturated heterocycles. The lowest BCUT2D eigenvalue weighted by Gasteiger charge is -2.42. The van der Waals surface area contributed by atoms with E-state index in [0.29, 0.717) is 0 Å². The summed E-state index contributed by atoms with van der Waals surface area (Å²) in [5.74, 6) is 0. The third-order valence-corrected chi connectivity index (χ3v) is 17.3. The molecule has 73 heavy (non-hydrogen) atoms. The molecule has 0 spiro atoms. The minimum atomic E-state index is -0.601. The normalized spacial score (nSPS) is 15.3. The molecule has 11 aromatic carbocycles. The number of hydrogen-bond acceptors (Lipinski definition) is 2. The van der Waals surface area contributed by atoms with Gasteiger partial charge < -0.3 is 9.80 Å². The first-order chi connectivity index (χ1) is 35.6. The van der Waals surface area contributed by atoms with Gasteiger partial charge in [-0.1, -0.05) is 228 Å². The fraction of sp³-hybridized carbons (Fsp3) is 0.127. The molecular weight excluding hydrogens is 881 g/mol. The molecule has 0 saturated carbocycles. The van der Waals surface area contributed by atoms with Gasteiger partial charge >= 0.3 is 0 Å². The minimum absolute atomic E-state index is 0.268. The molecule has 0 unspecified atom stereocenters. The lowest BCUT2D eigenvalue weighted by Crippen LogP contribution is -2.31. The standard InChI is InChI=1S/C71H56N2/c1-69(2)59-38-15-17-40-61(59)72(5)63-42-22-34-52(67(63)69)47-29-19-31-50-56(47)44-57-48(53-35-23-43-64-68(53)70(3,4)60-39-16-18-41-62(60)73(64)6)30-20-32-51(57)65(50)55-36-21-33-54-49-28-13-14-37-58(49)71(66(54)55,45-24-9-7-10-25-45)46-26-11-8-12-27-46/h7-44H,1-6H3. The van der Waals surface area contributed by atoms with Crippen molar-refractivity contribution < 1.29 is 0 Å². The number of benzene rings is 11. The van der Waals surface area contributed by atoms with Gasteiger partial charge in [0.25, 0.3) is 0 Å². The summed E-state index contributed by atoms with van der Waals surface area (Å²) >= 11 is 0. The minimum Gasteiger partial charge on any atom is -0.344 e. The summed E-state index contributed by atoms with van der Waals surface area (Å²) in [4.78, 5) is 4.80. The van der Waals surface area contributed by atoms with Crippen molar-refractivity contribution in [2.45, 2.75) is 43.9 Å². The van der Waals surface area contributed by atoms with Crippen molar-refractivity contribution >= 4 is 44.3 Å². The van der Waals surface area contributed by atoms with Gasteiger partial charge in [-0.15, -0.1) is 0 Å². The van der Waals surface area contributed by atoms with E-state index in [4.69, 9.17) is 0 Å². The third kappa shape index (κ3) is 5.87. The molecule has 2 heterocycles. The van der Waals surface area contributed by atoms with Crippen LogP contribution in [0.15, 0.2) is 231 Å². The van der Waals surface area contributed by atoms with Crippen molar-refractivity contribution in [3.05, 3.63) is 275 Å². The Hall–Kier alpha value is -8.46. The second-order valence-electron chi connectivity index (χ2n) is 21.6. The Bertz CT molecular complexity index is 3850. The van der Waals surface area contributed by atoms with Crippen molar-refractivity contribution in [2.24, 2.45) is 0 Å². The summed E-state index contributed by atoms with van der Waals surface area (Å²) in [6.07, 6.45) is 0. The van der Waals surface area contributed by atoms with E-state index in [0.717, 1.165) is 0 Å². The van der Waals surface area contributed by atoms with Gasteiger partial charge in [-0.3, -0.25) is 0 Å². The highest BCUT2D eigenvalue weighted by Gasteiger charge is 2.48. The number of hydrogen-bond donors (Lipinski definition) is 0. The first kappa shape index (κ1) is 43.3. The number of anilines is 4. The number of fused-ring (bicyclic) bond motifs is 9. The molecule has 1 aliphatic carbocycles. The molecule has 11 aromatic rings. The number of para-hydroxylation sites is 2. The van der Waals surface area contributed by atoms with Crippen LogP contribution in [0.3, 0.4) is 0 Å². The summed E-state index contributed by atoms with van der Waals surface area (Å²) in [7, 11) is 4.46. The zero-order chi connectivity index (χ0) is 49.4. The van der Waals surface area contributed by atoms with Gasteiger partial charge in [-0.05, 0) is 141 Å². The molecule has 2 heteroatoms. The quantitative estimate of drug-likeness (QED) is 0.159. The van der Waals surface area contributed by atoms with Gasteiger partial charge in [0.2, 0.25) is 0 Å². The smallest absolute Gasteiger partial charge is 0.0719 e. The Morgan fingerprint density at radius 1 is 0.274 bits per heavy atom. The van der Waals surface area contributed by atoms with E-state index in [1.807, 2.05) is 0 Å². The predicted octanol–water partition coefficient (Wildman–Crippen LogP) is 18.2. The Labute approximate surface area is 429 Å². The molecule has 3 aliphatic rings. The molecule has 2 aliphatic heterocycles. The molecule has 350 valence electrons. The van der Waals surface area contributed by atoms with Crippen LogP contribution in [0.4, 0.5) is 22.7 Å². The van der Waals surface area contributed by atoms with Crippen LogP contribution in [0.1, 0.15) is 72.2 Å². The van der Waals surface area contributed by atoms with Crippen LogP contribution in [-0.4, -0.2) is 14.1 Å². The van der Waals surface area contributed by atoms with Crippen molar-refractivity contribution in [2.75, 3.05) is 23.9 Å². The van der Waals surface area contributed by atoms with Crippen LogP contribution in [0.5, 0.6) is 0 Å². The first-order valence-electron chi connectivity index (χ1n) is 25.9. The largest absolute Gasteiger partial charge is 0.344 e. The summed E-state index contributed by atoms with van der Waals surface area (Å²) in [5, 5.41) is 4.97. The highest BCUT2D eigenvalue weighted by molar-refractivity contribution is 6.20. The monoisotopic (exact) mass is 936 g/mol. The van der Waals surface area contributed by atoms with Gasteiger partial charge in [-0.2, -0.15) is 0 Å². The van der Waals surface area contributed by atoms with Crippen LogP contribution < -0.4 is 9.80 Å². The molecule has 14 rings (SSSR count). The van der Waals surface area contributed by atoms with Crippen LogP contribution in [0, 0.1) is 0 Å². The summed E-state index contributed by atoms with van der Waals surface area (Å²) in [6, 6.07) is 87.4. The van der Waals surface area contributed by atoms with Crippen LogP contribution in [0.25, 0.3) is 66.1 Å². The van der Waals surface area contributed by atoms with Gasteiger partial charge in [-0.25, -0.2) is 0 Å². The van der Waals surface area contributed by atoms with Crippen LogP contribution in [0.2, 0.25) is 0 Å². The molecule has 0 fully saturated rings. The predicted molar refractivity (Wildman–Crippen MR) is 308 cm³/mol. The molecular formula is C71H56N2. The Morgan fingerprint density at radius 2 is 0.630 bits per heavy atom. The van der Waals surface area contributed by atoms with E-state index < -0.39 is 5.41 Å². The van der Waals surface area contributed by atoms with Crippen LogP contribution >= 0.6 is 0 Å². The van der Waals surface area contributed by atoms with Crippen LogP contribution in [-0.2, 0) is 16.2 Å². The average molecular weight is 937 g/mol. The fourth-order valence-electron chi connectivity index (χ4n) is 14.2. The summed E-state index contributed by atoms with van der Waals surface area (Å²) in [6.45, 7) is 9.66. The molecule has 0 bridgehead atoms. The lowest BCUT2D eigenvalue weighted by molar-refractivity contribution is 0.631. The topological polar surface area (TPSA) is 6.48 Å². The van der Waals surface area contributed by atoms with Crippen molar-refractivity contribution in [3.8, 4) is 44.5 Å². The highest BCUT2D eigenvalue weighted by atomic mass is 15.1. The van der Waals surface area contributed by atoms with Crippen molar-refractivity contribution in [1.29, 1.82) is 0 Å². The number of rotatable bonds is 5. The fourth-order valence-corrected chi connectivity index (χ4v) is 14.2. The maximum absolute atomic E-state index is 2.55. The molecule has 0 atom stereocenters. The van der Waals surface area contributed by atoms with Gasteiger partial charge in [0.1, 0.15) is 0 Å². The zero-order valence-corrected chi connectivity index (χ0v) is 42.3. The third-order valence-electron chi connectivity index (χ3n) is 17.3. The molecule has 0 N–H and O–H groups in total. The summed E-state index contributed by atoms with van der Waals surface area (Å²) in [5.41, 5.74) is 24.5. The molecule has 2 nitrogen and oxygen atoms in total. The Kier molecular flexibility index (Phi) is 9.36. The maximum Gasteiger partial charge on any atom is 0.0719 e. The van der Waals surface area contributed by atoms with E-state index in [1.54, 1.807) is 0 Å². The summed E-state index contributed by atoms with van der Waals surface area (Å²) < 4.78 is 0. The zero-order valence-electron chi connectivity index (χ0n) is 42.3. The second kappa shape index (κ2) is 15.8. The van der Waals surface area contributed by atoms with E-state index in [-0.39, 0.29) is 10.8 Å². The molecule has 0 radical (unpaired) electrons. The van der Waals surface area contributed by atoms with Crippen molar-refractivity contribution in [1.82, 2.24) is 0 Å². The first-order valence-corrected chi connectivity index (χ1v) is 25.9. The Balaban J connectivity index is 1.14. The Morgan fingerprint density at radius 3 is 1.14 bits per heavy atom.